The molecule has 0 amide bonds. The van der Waals surface area contributed by atoms with Crippen molar-refractivity contribution in [3.8, 4) is 6.07 Å². The molecule has 0 bridgehead atoms. The lowest BCUT2D eigenvalue weighted by molar-refractivity contribution is 0.103. The van der Waals surface area contributed by atoms with Crippen molar-refractivity contribution in [2.24, 2.45) is 0 Å². The standard InChI is InChI=1S/C21H19N3O3S/c1-15-8-10-18(11-9-15)28(26,27)24-19-7-5-4-6-16(19)12-20(24)21(25)17(13-22)14-23(2)3/h4-12,14H,1-3H3/b17-14+. The van der Waals surface area contributed by atoms with E-state index in [1.165, 1.54) is 24.4 Å². The molecule has 0 aliphatic rings. The molecule has 7 heteroatoms. The molecule has 6 nitrogen and oxygen atoms in total. The highest BCUT2D eigenvalue weighted by Crippen LogP contribution is 2.27. The zero-order valence-corrected chi connectivity index (χ0v) is 16.6. The average Bonchev–Trinajstić information content (AvgIpc) is 3.06. The van der Waals surface area contributed by atoms with E-state index >= 15 is 0 Å². The van der Waals surface area contributed by atoms with Crippen molar-refractivity contribution in [1.82, 2.24) is 8.87 Å². The quantitative estimate of drug-likeness (QED) is 0.377. The Morgan fingerprint density at radius 3 is 2.36 bits per heavy atom. The van der Waals surface area contributed by atoms with E-state index in [0.717, 1.165) is 9.54 Å². The third-order valence-electron chi connectivity index (χ3n) is 4.21. The summed E-state index contributed by atoms with van der Waals surface area (Å²) in [5.74, 6) is -0.650. The second kappa shape index (κ2) is 7.33. The summed E-state index contributed by atoms with van der Waals surface area (Å²) in [6.07, 6.45) is 1.38. The van der Waals surface area contributed by atoms with Gasteiger partial charge in [-0.15, -0.1) is 0 Å². The van der Waals surface area contributed by atoms with Gasteiger partial charge in [-0.25, -0.2) is 12.4 Å². The van der Waals surface area contributed by atoms with Crippen LogP contribution in [-0.4, -0.2) is 37.2 Å². The molecule has 0 saturated heterocycles. The monoisotopic (exact) mass is 393 g/mol. The predicted molar refractivity (Wildman–Crippen MR) is 107 cm³/mol. The van der Waals surface area contributed by atoms with Crippen LogP contribution in [0, 0.1) is 18.3 Å². The average molecular weight is 393 g/mol. The summed E-state index contributed by atoms with van der Waals surface area (Å²) in [7, 11) is -0.672. The Labute approximate surface area is 164 Å². The van der Waals surface area contributed by atoms with Crippen molar-refractivity contribution in [2.45, 2.75) is 11.8 Å². The summed E-state index contributed by atoms with van der Waals surface area (Å²) in [5, 5.41) is 10.00. The number of fused-ring (bicyclic) bond motifs is 1. The molecule has 142 valence electrons. The molecule has 0 unspecified atom stereocenters. The van der Waals surface area contributed by atoms with Crippen LogP contribution in [0.15, 0.2) is 71.3 Å². The predicted octanol–water partition coefficient (Wildman–Crippen LogP) is 3.34. The van der Waals surface area contributed by atoms with Gasteiger partial charge in [0.2, 0.25) is 5.78 Å². The van der Waals surface area contributed by atoms with Gasteiger partial charge in [0.15, 0.2) is 0 Å². The normalized spacial score (nSPS) is 12.0. The first-order valence-electron chi connectivity index (χ1n) is 8.51. The van der Waals surface area contributed by atoms with Crippen LogP contribution in [0.5, 0.6) is 0 Å². The van der Waals surface area contributed by atoms with Gasteiger partial charge in [0.05, 0.1) is 10.4 Å². The van der Waals surface area contributed by atoms with Crippen molar-refractivity contribution in [1.29, 1.82) is 5.26 Å². The second-order valence-corrected chi connectivity index (χ2v) is 8.40. The van der Waals surface area contributed by atoms with Gasteiger partial charge < -0.3 is 4.90 Å². The number of carbonyl (C=O) groups is 1. The fourth-order valence-electron chi connectivity index (χ4n) is 2.90. The minimum absolute atomic E-state index is 0.0728. The van der Waals surface area contributed by atoms with Crippen molar-refractivity contribution in [3.05, 3.63) is 77.6 Å². The number of benzene rings is 2. The van der Waals surface area contributed by atoms with Crippen molar-refractivity contribution >= 4 is 26.7 Å². The number of ketones is 1. The van der Waals surface area contributed by atoms with E-state index in [1.54, 1.807) is 55.4 Å². The van der Waals surface area contributed by atoms with E-state index < -0.39 is 15.8 Å². The highest BCUT2D eigenvalue weighted by Gasteiger charge is 2.27. The maximum Gasteiger partial charge on any atom is 0.268 e. The number of allylic oxidation sites excluding steroid dienone is 1. The number of Topliss-reactive ketones (excluding diaryl/α,β-unsaturated/α-hetero) is 1. The first-order valence-corrected chi connectivity index (χ1v) is 9.95. The van der Waals surface area contributed by atoms with Gasteiger partial charge in [0.1, 0.15) is 17.3 Å². The molecule has 3 aromatic rings. The largest absolute Gasteiger partial charge is 0.382 e. The number of rotatable bonds is 5. The molecule has 2 aromatic carbocycles. The summed E-state index contributed by atoms with van der Waals surface area (Å²) in [6, 6.07) is 16.6. The van der Waals surface area contributed by atoms with Crippen molar-refractivity contribution in [3.63, 3.8) is 0 Å². The van der Waals surface area contributed by atoms with E-state index in [2.05, 4.69) is 0 Å². The lowest BCUT2D eigenvalue weighted by Gasteiger charge is -2.12. The lowest BCUT2D eigenvalue weighted by atomic mass is 10.1. The molecular weight excluding hydrogens is 374 g/mol. The number of para-hydroxylation sites is 1. The summed E-state index contributed by atoms with van der Waals surface area (Å²) in [4.78, 5) is 14.7. The molecule has 0 fully saturated rings. The minimum atomic E-state index is -4.04. The molecule has 1 aromatic heterocycles. The molecule has 28 heavy (non-hydrogen) atoms. The molecule has 0 radical (unpaired) electrons. The van der Waals surface area contributed by atoms with Gasteiger partial charge in [-0.2, -0.15) is 5.26 Å². The van der Waals surface area contributed by atoms with Gasteiger partial charge in [0, 0.05) is 25.7 Å². The van der Waals surface area contributed by atoms with Gasteiger partial charge in [-0.1, -0.05) is 35.9 Å². The Morgan fingerprint density at radius 2 is 1.75 bits per heavy atom. The topological polar surface area (TPSA) is 83.2 Å². The van der Waals surface area contributed by atoms with Crippen LogP contribution in [-0.2, 0) is 10.0 Å². The van der Waals surface area contributed by atoms with Crippen LogP contribution >= 0.6 is 0 Å². The van der Waals surface area contributed by atoms with Crippen LogP contribution in [0.1, 0.15) is 16.1 Å². The highest BCUT2D eigenvalue weighted by molar-refractivity contribution is 7.90. The Morgan fingerprint density at radius 1 is 1.11 bits per heavy atom. The maximum atomic E-state index is 13.4. The first-order chi connectivity index (χ1) is 13.3. The zero-order chi connectivity index (χ0) is 20.5. The SMILES string of the molecule is Cc1ccc(S(=O)(=O)n2c(C(=O)/C(C#N)=C/N(C)C)cc3ccccc32)cc1. The first kappa shape index (κ1) is 19.4. The Bertz CT molecular complexity index is 1230. The summed E-state index contributed by atoms with van der Waals surface area (Å²) in [5.41, 5.74) is 1.09. The number of nitrogens with zero attached hydrogens (tertiary/aromatic N) is 3. The number of hydrogen-bond donors (Lipinski definition) is 0. The van der Waals surface area contributed by atoms with Crippen LogP contribution in [0.25, 0.3) is 10.9 Å². The fourth-order valence-corrected chi connectivity index (χ4v) is 4.41. The third kappa shape index (κ3) is 3.42. The number of aromatic nitrogens is 1. The number of aryl methyl sites for hydroxylation is 1. The molecular formula is C21H19N3O3S. The van der Waals surface area contributed by atoms with E-state index in [0.29, 0.717) is 10.9 Å². The molecule has 0 aliphatic carbocycles. The summed E-state index contributed by atoms with van der Waals surface area (Å²) in [6.45, 7) is 1.86. The third-order valence-corrected chi connectivity index (χ3v) is 5.95. The maximum absolute atomic E-state index is 13.4. The van der Waals surface area contributed by atoms with E-state index in [1.807, 2.05) is 13.0 Å². The number of nitriles is 1. The number of hydrogen-bond acceptors (Lipinski definition) is 5. The van der Waals surface area contributed by atoms with Crippen LogP contribution < -0.4 is 0 Å². The van der Waals surface area contributed by atoms with Crippen LogP contribution in [0.3, 0.4) is 0 Å². The highest BCUT2D eigenvalue weighted by atomic mass is 32.2. The minimum Gasteiger partial charge on any atom is -0.382 e. The summed E-state index contributed by atoms with van der Waals surface area (Å²) >= 11 is 0. The zero-order valence-electron chi connectivity index (χ0n) is 15.7. The van der Waals surface area contributed by atoms with Crippen LogP contribution in [0.4, 0.5) is 0 Å². The van der Waals surface area contributed by atoms with Gasteiger partial charge >= 0.3 is 0 Å². The summed E-state index contributed by atoms with van der Waals surface area (Å²) < 4.78 is 27.8. The van der Waals surface area contributed by atoms with Crippen molar-refractivity contribution in [2.75, 3.05) is 14.1 Å². The smallest absolute Gasteiger partial charge is 0.268 e. The van der Waals surface area contributed by atoms with Gasteiger partial charge in [-0.05, 0) is 31.2 Å². The molecule has 1 heterocycles. The fraction of sp³-hybridized carbons (Fsp3) is 0.143. The van der Waals surface area contributed by atoms with Crippen molar-refractivity contribution < 1.29 is 13.2 Å². The lowest BCUT2D eigenvalue weighted by Crippen LogP contribution is -2.20. The Balaban J connectivity index is 2.31. The van der Waals surface area contributed by atoms with E-state index in [9.17, 15) is 18.5 Å². The molecule has 3 rings (SSSR count). The molecule has 0 aliphatic heterocycles. The van der Waals surface area contributed by atoms with Gasteiger partial charge in [0.25, 0.3) is 10.0 Å². The Hall–Kier alpha value is -3.37. The Kier molecular flexibility index (Phi) is 5.08. The second-order valence-electron chi connectivity index (χ2n) is 6.62. The van der Waals surface area contributed by atoms with Crippen LogP contribution in [0.2, 0.25) is 0 Å². The molecule has 0 saturated carbocycles. The molecule has 0 spiro atoms. The van der Waals surface area contributed by atoms with Gasteiger partial charge in [-0.3, -0.25) is 4.79 Å². The molecule has 0 atom stereocenters. The van der Waals surface area contributed by atoms with E-state index in [4.69, 9.17) is 0 Å². The molecule has 0 N–H and O–H groups in total. The number of carbonyl (C=O) groups excluding carboxylic acids is 1. The van der Waals surface area contributed by atoms with E-state index in [-0.39, 0.29) is 16.2 Å².